The average molecular weight is 856 g/mol. The quantitative estimate of drug-likeness (QED) is 0.0259. The summed E-state index contributed by atoms with van der Waals surface area (Å²) < 4.78 is 0. The van der Waals surface area contributed by atoms with Crippen LogP contribution in [-0.4, -0.2) is 160 Å². The smallest absolute Gasteiger partial charge is 0.325 e. The summed E-state index contributed by atoms with van der Waals surface area (Å²) in [5.74, 6) is -7.72. The third kappa shape index (κ3) is 15.8. The van der Waals surface area contributed by atoms with Gasteiger partial charge < -0.3 is 63.8 Å². The number of carboxylic acid groups (broad SMARTS) is 2. The normalized spacial score (nSPS) is 19.2. The molecule has 0 saturated carbocycles. The number of hydrogen-bond donors (Lipinski definition) is 10. The molecule has 22 nitrogen and oxygen atoms in total. The molecule has 0 aromatic heterocycles. The molecule has 7 amide bonds. The fourth-order valence-corrected chi connectivity index (χ4v) is 7.06. The molecule has 2 fully saturated rings. The third-order valence-electron chi connectivity index (χ3n) is 10.2. The monoisotopic (exact) mass is 855 g/mol. The predicted octanol–water partition coefficient (Wildman–Crippen LogP) is -3.22. The van der Waals surface area contributed by atoms with Gasteiger partial charge in [0.1, 0.15) is 36.3 Å². The molecular formula is C36H61N11O11S. The largest absolute Gasteiger partial charge is 0.481 e. The summed E-state index contributed by atoms with van der Waals surface area (Å²) in [6, 6.07) is -8.04. The van der Waals surface area contributed by atoms with Gasteiger partial charge in [-0.3, -0.25) is 48.1 Å². The summed E-state index contributed by atoms with van der Waals surface area (Å²) >= 11 is 1.36. The fourth-order valence-electron chi connectivity index (χ4n) is 6.59. The Labute approximate surface area is 347 Å². The van der Waals surface area contributed by atoms with E-state index in [2.05, 4.69) is 31.6 Å². The van der Waals surface area contributed by atoms with Crippen molar-refractivity contribution in [3.63, 3.8) is 0 Å². The van der Waals surface area contributed by atoms with Crippen LogP contribution in [0.15, 0.2) is 4.99 Å². The zero-order valence-corrected chi connectivity index (χ0v) is 34.9. The summed E-state index contributed by atoms with van der Waals surface area (Å²) in [7, 11) is 0. The molecule has 0 bridgehead atoms. The molecule has 0 radical (unpaired) electrons. The van der Waals surface area contributed by atoms with Crippen LogP contribution in [0.3, 0.4) is 0 Å². The number of carboxylic acids is 2. The first-order chi connectivity index (χ1) is 27.8. The van der Waals surface area contributed by atoms with E-state index in [9.17, 15) is 53.4 Å². The summed E-state index contributed by atoms with van der Waals surface area (Å²) in [4.78, 5) is 123. The second-order valence-corrected chi connectivity index (χ2v) is 15.6. The van der Waals surface area contributed by atoms with Crippen LogP contribution in [0.1, 0.15) is 78.6 Å². The predicted molar refractivity (Wildman–Crippen MR) is 216 cm³/mol. The second kappa shape index (κ2) is 24.7. The number of likely N-dealkylation sites (tertiary alicyclic amines) is 2. The van der Waals surface area contributed by atoms with Gasteiger partial charge in [-0.2, -0.15) is 11.8 Å². The van der Waals surface area contributed by atoms with E-state index < -0.39 is 103 Å². The van der Waals surface area contributed by atoms with Crippen LogP contribution in [0.2, 0.25) is 0 Å². The molecule has 0 aromatic rings. The van der Waals surface area contributed by atoms with Crippen molar-refractivity contribution in [1.29, 1.82) is 0 Å². The maximum absolute atomic E-state index is 13.7. The molecular weight excluding hydrogens is 795 g/mol. The molecule has 8 atom stereocenters. The number of guanidine groups is 1. The molecule has 2 heterocycles. The van der Waals surface area contributed by atoms with Crippen molar-refractivity contribution >= 4 is 71.0 Å². The Bertz CT molecular complexity index is 1560. The van der Waals surface area contributed by atoms with E-state index in [0.29, 0.717) is 38.0 Å². The molecule has 13 N–H and O–H groups in total. The first-order valence-corrected chi connectivity index (χ1v) is 21.1. The number of carbonyl (C=O) groups is 9. The van der Waals surface area contributed by atoms with E-state index in [1.165, 1.54) is 28.5 Å². The van der Waals surface area contributed by atoms with Crippen LogP contribution in [-0.2, 0) is 43.2 Å². The van der Waals surface area contributed by atoms with Gasteiger partial charge in [0.05, 0.1) is 19.0 Å². The molecule has 0 unspecified atom stereocenters. The van der Waals surface area contributed by atoms with Crippen molar-refractivity contribution in [2.24, 2.45) is 28.1 Å². The number of rotatable bonds is 24. The number of nitrogens with zero attached hydrogens (tertiary/aromatic N) is 3. The lowest BCUT2D eigenvalue weighted by atomic mass is 9.98. The minimum Gasteiger partial charge on any atom is -0.481 e. The van der Waals surface area contributed by atoms with Gasteiger partial charge in [-0.1, -0.05) is 20.3 Å². The second-order valence-electron chi connectivity index (χ2n) is 14.6. The van der Waals surface area contributed by atoms with Crippen molar-refractivity contribution in [2.45, 2.75) is 121 Å². The zero-order chi connectivity index (χ0) is 44.4. The van der Waals surface area contributed by atoms with Crippen LogP contribution in [0.25, 0.3) is 0 Å². The van der Waals surface area contributed by atoms with Gasteiger partial charge in [-0.15, -0.1) is 0 Å². The molecule has 0 aromatic carbocycles. The number of nitrogens with two attached hydrogens (primary N) is 3. The molecule has 2 saturated heterocycles. The van der Waals surface area contributed by atoms with Gasteiger partial charge in [-0.25, -0.2) is 0 Å². The van der Waals surface area contributed by atoms with Crippen LogP contribution in [0, 0.1) is 5.92 Å². The highest BCUT2D eigenvalue weighted by Crippen LogP contribution is 2.22. The van der Waals surface area contributed by atoms with Gasteiger partial charge in [0.15, 0.2) is 5.96 Å². The Balaban J connectivity index is 2.17. The first-order valence-electron chi connectivity index (χ1n) is 19.7. The summed E-state index contributed by atoms with van der Waals surface area (Å²) in [6.07, 6.45) is 3.44. The van der Waals surface area contributed by atoms with E-state index in [1.807, 2.05) is 13.8 Å². The SMILES string of the molecule is CC[C@H](C)[C@H](N)C(=O)N1CCC[C@H]1C(=O)N[C@@H](CCCN=C(N)N)C(=O)NCC(=O)N[C@@H](CC(=O)O)C(=O)N[C@@H](CCSC)C(=O)N1CCC[C@H]1C(=O)N[C@@H](C)C(=O)O. The van der Waals surface area contributed by atoms with Crippen molar-refractivity contribution in [3.8, 4) is 0 Å². The van der Waals surface area contributed by atoms with Crippen molar-refractivity contribution in [3.05, 3.63) is 0 Å². The Kier molecular flexibility index (Phi) is 20.9. The molecule has 0 aliphatic carbocycles. The van der Waals surface area contributed by atoms with E-state index in [1.54, 1.807) is 6.26 Å². The Morgan fingerprint density at radius 2 is 1.39 bits per heavy atom. The van der Waals surface area contributed by atoms with Crippen molar-refractivity contribution in [1.82, 2.24) is 36.4 Å². The maximum Gasteiger partial charge on any atom is 0.325 e. The van der Waals surface area contributed by atoms with Crippen LogP contribution in [0.5, 0.6) is 0 Å². The minimum absolute atomic E-state index is 0.0245. The van der Waals surface area contributed by atoms with Gasteiger partial charge in [0, 0.05) is 19.6 Å². The topological polar surface area (TPSA) is 351 Å². The Hall–Kier alpha value is -5.19. The number of amides is 7. The standard InChI is InChI=1S/C36H61N11O11S/c1-5-19(2)28(37)34(56)47-15-8-11-25(47)32(54)44-21(9-6-13-40-36(38)39)29(51)41-18-26(48)43-23(17-27(49)50)30(52)45-22(12-16-59-4)33(55)46-14-7-10-24(46)31(53)42-20(3)35(57)58/h19-25,28H,5-18,37H2,1-4H3,(H,41,51)(H,42,53)(H,43,48)(H,44,54)(H,45,52)(H,49,50)(H,57,58)(H4,38,39,40)/t19-,20-,21-,22-,23-,24-,25-,28-/m0/s1. The average Bonchev–Trinajstić information content (AvgIpc) is 3.89. The molecule has 0 spiro atoms. The first kappa shape index (κ1) is 50.0. The zero-order valence-electron chi connectivity index (χ0n) is 34.1. The van der Waals surface area contributed by atoms with Crippen LogP contribution >= 0.6 is 11.8 Å². The molecule has 23 heteroatoms. The molecule has 2 aliphatic rings. The minimum atomic E-state index is -1.70. The Morgan fingerprint density at radius 1 is 0.797 bits per heavy atom. The summed E-state index contributed by atoms with van der Waals surface area (Å²) in [5.41, 5.74) is 17.0. The number of nitrogens with one attached hydrogen (secondary N) is 5. The number of aliphatic carboxylic acids is 2. The lowest BCUT2D eigenvalue weighted by Crippen LogP contribution is -2.58. The van der Waals surface area contributed by atoms with Crippen molar-refractivity contribution < 1.29 is 53.4 Å². The number of thioether (sulfide) groups is 1. The van der Waals surface area contributed by atoms with E-state index >= 15 is 0 Å². The lowest BCUT2D eigenvalue weighted by molar-refractivity contribution is -0.145. The van der Waals surface area contributed by atoms with Crippen LogP contribution < -0.4 is 43.8 Å². The van der Waals surface area contributed by atoms with Crippen LogP contribution in [0.4, 0.5) is 0 Å². The van der Waals surface area contributed by atoms with E-state index in [0.717, 1.165) is 0 Å². The maximum atomic E-state index is 13.7. The Morgan fingerprint density at radius 3 is 1.93 bits per heavy atom. The third-order valence-corrected chi connectivity index (χ3v) is 10.8. The molecule has 59 heavy (non-hydrogen) atoms. The van der Waals surface area contributed by atoms with E-state index in [-0.39, 0.29) is 56.6 Å². The van der Waals surface area contributed by atoms with Crippen molar-refractivity contribution in [2.75, 3.05) is 38.2 Å². The molecule has 332 valence electrons. The van der Waals surface area contributed by atoms with Gasteiger partial charge >= 0.3 is 11.9 Å². The highest BCUT2D eigenvalue weighted by molar-refractivity contribution is 7.98. The molecule has 2 rings (SSSR count). The summed E-state index contributed by atoms with van der Waals surface area (Å²) in [6.45, 7) is 4.84. The highest BCUT2D eigenvalue weighted by Gasteiger charge is 2.40. The number of hydrogen-bond acceptors (Lipinski definition) is 12. The lowest BCUT2D eigenvalue weighted by Gasteiger charge is -2.30. The van der Waals surface area contributed by atoms with Gasteiger partial charge in [-0.05, 0) is 69.8 Å². The fraction of sp³-hybridized carbons (Fsp3) is 0.722. The number of aliphatic imine (C=N–C) groups is 1. The highest BCUT2D eigenvalue weighted by atomic mass is 32.2. The van der Waals surface area contributed by atoms with Gasteiger partial charge in [0.2, 0.25) is 41.4 Å². The molecule has 2 aliphatic heterocycles. The van der Waals surface area contributed by atoms with E-state index in [4.69, 9.17) is 17.2 Å². The number of carbonyl (C=O) groups excluding carboxylic acids is 7. The van der Waals surface area contributed by atoms with Gasteiger partial charge in [0.25, 0.3) is 0 Å². The summed E-state index contributed by atoms with van der Waals surface area (Å²) in [5, 5.41) is 31.0.